The van der Waals surface area contributed by atoms with Gasteiger partial charge in [0.2, 0.25) is 0 Å². The van der Waals surface area contributed by atoms with Crippen molar-refractivity contribution in [1.29, 1.82) is 0 Å². The van der Waals surface area contributed by atoms with Crippen LogP contribution >= 0.6 is 0 Å². The van der Waals surface area contributed by atoms with E-state index in [1.54, 1.807) is 0 Å². The molecule has 0 amide bonds. The summed E-state index contributed by atoms with van der Waals surface area (Å²) in [4.78, 5) is 2.20. The van der Waals surface area contributed by atoms with Gasteiger partial charge in [-0.3, -0.25) is 0 Å². The Morgan fingerprint density at radius 2 is 1.67 bits per heavy atom. The second-order valence-corrected chi connectivity index (χ2v) is 4.46. The molecular formula is C13H21NO. The third kappa shape index (κ3) is 3.56. The highest BCUT2D eigenvalue weighted by atomic mass is 16.3. The summed E-state index contributed by atoms with van der Waals surface area (Å²) in [6.45, 7) is 5.25. The SMILES string of the molecule is Cc1cc(O)cc(C)c1CCCN(C)C. The Hall–Kier alpha value is -1.02. The molecule has 0 unspecified atom stereocenters. The largest absolute Gasteiger partial charge is 0.508 e. The van der Waals surface area contributed by atoms with Gasteiger partial charge in [-0.1, -0.05) is 0 Å². The van der Waals surface area contributed by atoms with E-state index in [0.29, 0.717) is 5.75 Å². The molecule has 1 aromatic carbocycles. The topological polar surface area (TPSA) is 23.5 Å². The molecule has 0 spiro atoms. The number of phenolic OH excluding ortho intramolecular Hbond substituents is 1. The van der Waals surface area contributed by atoms with E-state index in [1.807, 2.05) is 12.1 Å². The first-order valence-corrected chi connectivity index (χ1v) is 5.44. The van der Waals surface area contributed by atoms with Crippen LogP contribution in [0.1, 0.15) is 23.1 Å². The number of nitrogens with zero attached hydrogens (tertiary/aromatic N) is 1. The highest BCUT2D eigenvalue weighted by Gasteiger charge is 2.04. The van der Waals surface area contributed by atoms with Crippen LogP contribution in [-0.2, 0) is 6.42 Å². The lowest BCUT2D eigenvalue weighted by atomic mass is 9.98. The van der Waals surface area contributed by atoms with Gasteiger partial charge < -0.3 is 10.0 Å². The second-order valence-electron chi connectivity index (χ2n) is 4.46. The summed E-state index contributed by atoms with van der Waals surface area (Å²) in [5, 5.41) is 9.42. The van der Waals surface area contributed by atoms with E-state index in [0.717, 1.165) is 13.0 Å². The van der Waals surface area contributed by atoms with Crippen molar-refractivity contribution in [2.24, 2.45) is 0 Å². The van der Waals surface area contributed by atoms with Gasteiger partial charge in [0, 0.05) is 0 Å². The Labute approximate surface area is 92.5 Å². The predicted molar refractivity (Wildman–Crippen MR) is 64.5 cm³/mol. The van der Waals surface area contributed by atoms with Gasteiger partial charge in [-0.15, -0.1) is 0 Å². The molecule has 2 heteroatoms. The number of aryl methyl sites for hydroxylation is 2. The second kappa shape index (κ2) is 5.17. The molecule has 0 bridgehead atoms. The lowest BCUT2D eigenvalue weighted by Crippen LogP contribution is -2.13. The van der Waals surface area contributed by atoms with Crippen LogP contribution in [0, 0.1) is 13.8 Å². The fourth-order valence-electron chi connectivity index (χ4n) is 1.94. The zero-order chi connectivity index (χ0) is 11.4. The van der Waals surface area contributed by atoms with Gasteiger partial charge in [0.25, 0.3) is 0 Å². The molecule has 0 saturated heterocycles. The van der Waals surface area contributed by atoms with E-state index in [-0.39, 0.29) is 0 Å². The highest BCUT2D eigenvalue weighted by Crippen LogP contribution is 2.21. The molecule has 15 heavy (non-hydrogen) atoms. The molecule has 2 nitrogen and oxygen atoms in total. The van der Waals surface area contributed by atoms with Crippen molar-refractivity contribution in [3.63, 3.8) is 0 Å². The quantitative estimate of drug-likeness (QED) is 0.820. The molecular weight excluding hydrogens is 186 g/mol. The van der Waals surface area contributed by atoms with Crippen LogP contribution in [0.5, 0.6) is 5.75 Å². The maximum absolute atomic E-state index is 9.42. The van der Waals surface area contributed by atoms with E-state index in [1.165, 1.54) is 23.1 Å². The zero-order valence-electron chi connectivity index (χ0n) is 10.2. The molecule has 0 aliphatic carbocycles. The Balaban J connectivity index is 2.68. The minimum absolute atomic E-state index is 0.376. The van der Waals surface area contributed by atoms with Crippen LogP contribution < -0.4 is 0 Å². The van der Waals surface area contributed by atoms with Crippen molar-refractivity contribution >= 4 is 0 Å². The van der Waals surface area contributed by atoms with Gasteiger partial charge in [0.05, 0.1) is 0 Å². The third-order valence-electron chi connectivity index (χ3n) is 2.71. The lowest BCUT2D eigenvalue weighted by molar-refractivity contribution is 0.400. The van der Waals surface area contributed by atoms with Gasteiger partial charge >= 0.3 is 0 Å². The van der Waals surface area contributed by atoms with Gasteiger partial charge in [-0.25, -0.2) is 0 Å². The van der Waals surface area contributed by atoms with Gasteiger partial charge in [0.1, 0.15) is 5.75 Å². The van der Waals surface area contributed by atoms with Crippen LogP contribution in [0.2, 0.25) is 0 Å². The van der Waals surface area contributed by atoms with E-state index < -0.39 is 0 Å². The molecule has 84 valence electrons. The summed E-state index contributed by atoms with van der Waals surface area (Å²) >= 11 is 0. The first kappa shape index (κ1) is 12.1. The smallest absolute Gasteiger partial charge is 0.116 e. The van der Waals surface area contributed by atoms with Gasteiger partial charge in [0.15, 0.2) is 0 Å². The van der Waals surface area contributed by atoms with Crippen LogP contribution in [-0.4, -0.2) is 30.6 Å². The average molecular weight is 207 g/mol. The van der Waals surface area contributed by atoms with Gasteiger partial charge in [-0.05, 0) is 76.2 Å². The molecule has 1 N–H and O–H groups in total. The summed E-state index contributed by atoms with van der Waals surface area (Å²) in [7, 11) is 4.19. The monoisotopic (exact) mass is 207 g/mol. The molecule has 0 fully saturated rings. The Bertz CT molecular complexity index is 308. The Morgan fingerprint density at radius 1 is 1.13 bits per heavy atom. The Morgan fingerprint density at radius 3 is 2.13 bits per heavy atom. The third-order valence-corrected chi connectivity index (χ3v) is 2.71. The van der Waals surface area contributed by atoms with Gasteiger partial charge in [-0.2, -0.15) is 0 Å². The maximum Gasteiger partial charge on any atom is 0.116 e. The van der Waals surface area contributed by atoms with Crippen LogP contribution in [0.4, 0.5) is 0 Å². The number of rotatable bonds is 4. The summed E-state index contributed by atoms with van der Waals surface area (Å²) in [5.41, 5.74) is 3.78. The first-order valence-electron chi connectivity index (χ1n) is 5.44. The number of hydrogen-bond donors (Lipinski definition) is 1. The van der Waals surface area contributed by atoms with Crippen molar-refractivity contribution in [3.05, 3.63) is 28.8 Å². The van der Waals surface area contributed by atoms with E-state index in [4.69, 9.17) is 0 Å². The van der Waals surface area contributed by atoms with E-state index in [9.17, 15) is 5.11 Å². The molecule has 0 radical (unpaired) electrons. The van der Waals surface area contributed by atoms with Crippen molar-refractivity contribution in [2.75, 3.05) is 20.6 Å². The lowest BCUT2D eigenvalue weighted by Gasteiger charge is -2.13. The van der Waals surface area contributed by atoms with Crippen molar-refractivity contribution in [3.8, 4) is 5.75 Å². The summed E-state index contributed by atoms with van der Waals surface area (Å²) < 4.78 is 0. The normalized spacial score (nSPS) is 11.0. The van der Waals surface area contributed by atoms with E-state index >= 15 is 0 Å². The minimum atomic E-state index is 0.376. The maximum atomic E-state index is 9.42. The molecule has 0 saturated carbocycles. The van der Waals surface area contributed by atoms with Crippen LogP contribution in [0.25, 0.3) is 0 Å². The summed E-state index contributed by atoms with van der Waals surface area (Å²) in [5.74, 6) is 0.376. The van der Waals surface area contributed by atoms with Crippen LogP contribution in [0.15, 0.2) is 12.1 Å². The highest BCUT2D eigenvalue weighted by molar-refractivity contribution is 5.40. The average Bonchev–Trinajstić information content (AvgIpc) is 2.08. The first-order chi connectivity index (χ1) is 7.00. The fraction of sp³-hybridized carbons (Fsp3) is 0.538. The number of aromatic hydroxyl groups is 1. The molecule has 0 heterocycles. The molecule has 0 aromatic heterocycles. The number of hydrogen-bond acceptors (Lipinski definition) is 2. The molecule has 0 aliphatic heterocycles. The number of benzene rings is 1. The Kier molecular flexibility index (Phi) is 4.15. The minimum Gasteiger partial charge on any atom is -0.508 e. The molecule has 1 rings (SSSR count). The van der Waals surface area contributed by atoms with E-state index in [2.05, 4.69) is 32.8 Å². The summed E-state index contributed by atoms with van der Waals surface area (Å²) in [6.07, 6.45) is 2.26. The standard InChI is InChI=1S/C13H21NO/c1-10-8-12(15)9-11(2)13(10)6-5-7-14(3)4/h8-9,15H,5-7H2,1-4H3. The summed E-state index contributed by atoms with van der Waals surface area (Å²) in [6, 6.07) is 3.69. The number of phenols is 1. The molecule has 0 aliphatic rings. The van der Waals surface area contributed by atoms with Crippen molar-refractivity contribution in [1.82, 2.24) is 4.90 Å². The van der Waals surface area contributed by atoms with Crippen molar-refractivity contribution < 1.29 is 5.11 Å². The zero-order valence-corrected chi connectivity index (χ0v) is 10.2. The predicted octanol–water partition coefficient (Wildman–Crippen LogP) is 2.50. The fourth-order valence-corrected chi connectivity index (χ4v) is 1.94. The van der Waals surface area contributed by atoms with Crippen molar-refractivity contribution in [2.45, 2.75) is 26.7 Å². The molecule has 0 atom stereocenters. The molecule has 1 aromatic rings. The van der Waals surface area contributed by atoms with Crippen LogP contribution in [0.3, 0.4) is 0 Å².